The van der Waals surface area contributed by atoms with Crippen molar-refractivity contribution in [1.82, 2.24) is 0 Å². The lowest BCUT2D eigenvalue weighted by atomic mass is 10.1. The van der Waals surface area contributed by atoms with Gasteiger partial charge in [0.15, 0.2) is 0 Å². The van der Waals surface area contributed by atoms with Crippen LogP contribution in [-0.4, -0.2) is 18.5 Å². The fourth-order valence-corrected chi connectivity index (χ4v) is 4.70. The van der Waals surface area contributed by atoms with E-state index >= 15 is 0 Å². The van der Waals surface area contributed by atoms with E-state index in [1.807, 2.05) is 24.3 Å². The first kappa shape index (κ1) is 35.7. The summed E-state index contributed by atoms with van der Waals surface area (Å²) in [7, 11) is 0. The third-order valence-electron chi connectivity index (χ3n) is 7.28. The Morgan fingerprint density at radius 3 is 1.50 bits per heavy atom. The number of carbonyl (C=O) groups is 2. The molecule has 0 unspecified atom stereocenters. The third kappa shape index (κ3) is 22.5. The molecule has 0 bridgehead atoms. The first-order valence-electron chi connectivity index (χ1n) is 16.5. The highest BCUT2D eigenvalue weighted by Crippen LogP contribution is 2.13. The Morgan fingerprint density at radius 2 is 1.00 bits per heavy atom. The van der Waals surface area contributed by atoms with Gasteiger partial charge in [-0.25, -0.2) is 4.79 Å². The Balaban J connectivity index is 2.07. The molecule has 4 heteroatoms. The number of rotatable bonds is 26. The van der Waals surface area contributed by atoms with Crippen molar-refractivity contribution in [3.8, 4) is 0 Å². The molecule has 0 saturated carbocycles. The zero-order valence-electron chi connectivity index (χ0n) is 25.8. The molecule has 1 rings (SSSR count). The first-order valence-corrected chi connectivity index (χ1v) is 16.5. The van der Waals surface area contributed by atoms with Crippen molar-refractivity contribution in [3.63, 3.8) is 0 Å². The van der Waals surface area contributed by atoms with E-state index in [1.165, 1.54) is 115 Å². The molecule has 0 aliphatic heterocycles. The van der Waals surface area contributed by atoms with Crippen LogP contribution >= 0.6 is 0 Å². The summed E-state index contributed by atoms with van der Waals surface area (Å²) in [5, 5.41) is 0. The van der Waals surface area contributed by atoms with Crippen molar-refractivity contribution < 1.29 is 19.1 Å². The van der Waals surface area contributed by atoms with E-state index in [4.69, 9.17) is 9.47 Å². The van der Waals surface area contributed by atoms with E-state index in [0.717, 1.165) is 36.8 Å². The van der Waals surface area contributed by atoms with Crippen LogP contribution in [0.5, 0.6) is 0 Å². The van der Waals surface area contributed by atoms with Crippen molar-refractivity contribution in [1.29, 1.82) is 0 Å². The molecule has 1 aromatic carbocycles. The van der Waals surface area contributed by atoms with Gasteiger partial charge in [-0.3, -0.25) is 4.79 Å². The molecule has 0 aromatic heterocycles. The van der Waals surface area contributed by atoms with Gasteiger partial charge in [0.25, 0.3) is 0 Å². The smallest absolute Gasteiger partial charge is 0.330 e. The van der Waals surface area contributed by atoms with Crippen molar-refractivity contribution >= 4 is 24.1 Å². The lowest BCUT2D eigenvalue weighted by molar-refractivity contribution is -0.138. The average Bonchev–Trinajstić information content (AvgIpc) is 2.96. The normalized spacial score (nSPS) is 11.4. The Hall–Kier alpha value is -2.36. The van der Waals surface area contributed by atoms with Crippen molar-refractivity contribution in [2.45, 2.75) is 149 Å². The van der Waals surface area contributed by atoms with Crippen molar-refractivity contribution in [2.24, 2.45) is 0 Å². The number of hydrogen-bond donors (Lipinski definition) is 0. The van der Waals surface area contributed by atoms with E-state index in [1.54, 1.807) is 12.2 Å². The topological polar surface area (TPSA) is 52.6 Å². The van der Waals surface area contributed by atoms with E-state index in [9.17, 15) is 9.59 Å². The van der Waals surface area contributed by atoms with Gasteiger partial charge >= 0.3 is 11.9 Å². The Morgan fingerprint density at radius 1 is 0.575 bits per heavy atom. The van der Waals surface area contributed by atoms with Gasteiger partial charge in [0.05, 0.1) is 12.9 Å². The minimum Gasteiger partial charge on any atom is -0.463 e. The summed E-state index contributed by atoms with van der Waals surface area (Å²) in [6.45, 7) is 4.99. The summed E-state index contributed by atoms with van der Waals surface area (Å²) in [5.41, 5.74) is 1.86. The number of benzene rings is 1. The number of ether oxygens (including phenoxy) is 2. The van der Waals surface area contributed by atoms with Crippen LogP contribution in [0.1, 0.15) is 160 Å². The maximum atomic E-state index is 12.0. The van der Waals surface area contributed by atoms with E-state index in [-0.39, 0.29) is 11.9 Å². The predicted molar refractivity (Wildman–Crippen MR) is 170 cm³/mol. The van der Waals surface area contributed by atoms with Gasteiger partial charge in [-0.1, -0.05) is 154 Å². The standard InChI is InChI=1S/C36H58O4/c1-3-5-7-9-11-13-15-17-19-21-23-35(37)40-32-30-34-26-24-33(25-27-34)28-29-36(38)39-31-22-20-18-16-14-12-10-8-6-4-2/h24-30,32H,3-23,31H2,1-2H3. The number of esters is 2. The van der Waals surface area contributed by atoms with Crippen LogP contribution in [0, 0.1) is 0 Å². The van der Waals surface area contributed by atoms with Gasteiger partial charge in [-0.05, 0) is 36.1 Å². The zero-order valence-corrected chi connectivity index (χ0v) is 25.8. The van der Waals surface area contributed by atoms with Crippen LogP contribution in [-0.2, 0) is 19.1 Å². The monoisotopic (exact) mass is 554 g/mol. The highest BCUT2D eigenvalue weighted by Gasteiger charge is 2.01. The highest BCUT2D eigenvalue weighted by molar-refractivity contribution is 5.87. The number of unbranched alkanes of at least 4 members (excludes halogenated alkanes) is 18. The van der Waals surface area contributed by atoms with Crippen LogP contribution in [0.4, 0.5) is 0 Å². The molecule has 4 nitrogen and oxygen atoms in total. The SMILES string of the molecule is CCCCCCCCCCCCOC(=O)C=Cc1ccc(C=COC(=O)CCCCCCCCCCCC)cc1. The minimum absolute atomic E-state index is 0.174. The highest BCUT2D eigenvalue weighted by atomic mass is 16.5. The molecule has 0 aliphatic rings. The fourth-order valence-electron chi connectivity index (χ4n) is 4.70. The van der Waals surface area contributed by atoms with Gasteiger partial charge in [-0.15, -0.1) is 0 Å². The molecule has 0 atom stereocenters. The quantitative estimate of drug-likeness (QED) is 0.0494. The molecule has 0 aliphatic carbocycles. The summed E-state index contributed by atoms with van der Waals surface area (Å²) in [5.74, 6) is -0.471. The van der Waals surface area contributed by atoms with E-state index < -0.39 is 0 Å². The molecule has 40 heavy (non-hydrogen) atoms. The molecule has 0 amide bonds. The van der Waals surface area contributed by atoms with Crippen LogP contribution < -0.4 is 0 Å². The molecule has 1 aromatic rings. The lowest BCUT2D eigenvalue weighted by Gasteiger charge is -2.03. The van der Waals surface area contributed by atoms with Crippen molar-refractivity contribution in [3.05, 3.63) is 47.7 Å². The van der Waals surface area contributed by atoms with Crippen molar-refractivity contribution in [2.75, 3.05) is 6.61 Å². The third-order valence-corrected chi connectivity index (χ3v) is 7.28. The van der Waals surface area contributed by atoms with E-state index in [2.05, 4.69) is 13.8 Å². The summed E-state index contributed by atoms with van der Waals surface area (Å²) < 4.78 is 10.6. The predicted octanol–water partition coefficient (Wildman–Crippen LogP) is 11.0. The van der Waals surface area contributed by atoms with Gasteiger partial charge < -0.3 is 9.47 Å². The van der Waals surface area contributed by atoms with Gasteiger partial charge in [0, 0.05) is 12.5 Å². The Kier molecular flexibility index (Phi) is 23.9. The van der Waals surface area contributed by atoms with Gasteiger partial charge in [0.2, 0.25) is 0 Å². The molecule has 226 valence electrons. The van der Waals surface area contributed by atoms with Gasteiger partial charge in [0.1, 0.15) is 0 Å². The summed E-state index contributed by atoms with van der Waals surface area (Å²) in [6.07, 6.45) is 32.1. The van der Waals surface area contributed by atoms with Crippen LogP contribution in [0.2, 0.25) is 0 Å². The largest absolute Gasteiger partial charge is 0.463 e. The zero-order chi connectivity index (χ0) is 28.9. The maximum Gasteiger partial charge on any atom is 0.330 e. The van der Waals surface area contributed by atoms with Crippen LogP contribution in [0.25, 0.3) is 12.2 Å². The molecule has 0 spiro atoms. The first-order chi connectivity index (χ1) is 19.7. The summed E-state index contributed by atoms with van der Waals surface area (Å²) in [6, 6.07) is 7.72. The molecule has 0 saturated heterocycles. The molecule has 0 heterocycles. The Bertz CT molecular complexity index is 794. The number of carbonyl (C=O) groups excluding carboxylic acids is 2. The second kappa shape index (κ2) is 26.8. The summed E-state index contributed by atoms with van der Waals surface area (Å²) in [4.78, 5) is 23.9. The van der Waals surface area contributed by atoms with Gasteiger partial charge in [-0.2, -0.15) is 0 Å². The Labute approximate surface area is 246 Å². The molecular weight excluding hydrogens is 496 g/mol. The molecule has 0 N–H and O–H groups in total. The number of hydrogen-bond acceptors (Lipinski definition) is 4. The van der Waals surface area contributed by atoms with Crippen LogP contribution in [0.15, 0.2) is 36.6 Å². The fraction of sp³-hybridized carbons (Fsp3) is 0.667. The average molecular weight is 555 g/mol. The van der Waals surface area contributed by atoms with Crippen LogP contribution in [0.3, 0.4) is 0 Å². The minimum atomic E-state index is -0.297. The molecular formula is C36H58O4. The molecule has 0 fully saturated rings. The molecule has 0 radical (unpaired) electrons. The lowest BCUT2D eigenvalue weighted by Crippen LogP contribution is -2.02. The second-order valence-electron chi connectivity index (χ2n) is 11.1. The van der Waals surface area contributed by atoms with E-state index in [0.29, 0.717) is 13.0 Å². The maximum absolute atomic E-state index is 12.0. The second-order valence-corrected chi connectivity index (χ2v) is 11.1. The summed E-state index contributed by atoms with van der Waals surface area (Å²) >= 11 is 0.